The number of aliphatic hydroxyl groups is 2. The molecule has 2 heterocycles. The molecule has 0 saturated heterocycles. The van der Waals surface area contributed by atoms with E-state index >= 15 is 0 Å². The number of esters is 2. The number of ether oxygens (including phenoxy) is 4. The summed E-state index contributed by atoms with van der Waals surface area (Å²) in [5.41, 5.74) is 10.5. The summed E-state index contributed by atoms with van der Waals surface area (Å²) in [4.78, 5) is 27.4. The van der Waals surface area contributed by atoms with Crippen molar-refractivity contribution in [2.45, 2.75) is 116 Å². The number of fused-ring (bicyclic) bond motifs is 2. The fourth-order valence-electron chi connectivity index (χ4n) is 8.97. The standard InChI is InChI=1S/C51H71N2O8/c1-50(2)42-19-10-12-21-44(42)52(30-35-60-48(56)23-8-6-14-32-54)46(50)27-25-39-17-16-18-40(41(39)29-34-59-38-37-58-5)26-28-47-51(3,4)43-20-11-13-22-45(43)53(47)31-36-61-49(57)24-9-7-15-33-55/h10-13,19-22,25-28,54-55H,6-9,14-18,23-24,29-38H2,1-5H3/q+1. The summed E-state index contributed by atoms with van der Waals surface area (Å²) in [6.07, 6.45) is 18.1. The zero-order valence-electron chi connectivity index (χ0n) is 37.5. The number of hydrogen-bond acceptors (Lipinski definition) is 9. The number of para-hydroxylation sites is 2. The maximum atomic E-state index is 12.6. The average molecular weight is 840 g/mol. The van der Waals surface area contributed by atoms with Crippen molar-refractivity contribution >= 4 is 29.0 Å². The van der Waals surface area contributed by atoms with Gasteiger partial charge in [-0.25, -0.2) is 0 Å². The molecule has 0 spiro atoms. The second kappa shape index (κ2) is 23.8. The minimum Gasteiger partial charge on any atom is -0.464 e. The first-order chi connectivity index (χ1) is 29.5. The Morgan fingerprint density at radius 2 is 1.41 bits per heavy atom. The Bertz CT molecular complexity index is 1940. The molecule has 332 valence electrons. The van der Waals surface area contributed by atoms with Crippen LogP contribution in [-0.2, 0) is 39.4 Å². The van der Waals surface area contributed by atoms with Gasteiger partial charge in [0.15, 0.2) is 18.9 Å². The van der Waals surface area contributed by atoms with Gasteiger partial charge in [0.2, 0.25) is 5.69 Å². The lowest BCUT2D eigenvalue weighted by Crippen LogP contribution is -2.29. The summed E-state index contributed by atoms with van der Waals surface area (Å²) in [6, 6.07) is 17.0. The van der Waals surface area contributed by atoms with Crippen LogP contribution in [0, 0.1) is 0 Å². The first kappa shape index (κ1) is 47.7. The molecule has 3 aliphatic rings. The van der Waals surface area contributed by atoms with Gasteiger partial charge in [-0.1, -0.05) is 75.2 Å². The van der Waals surface area contributed by atoms with Crippen molar-refractivity contribution in [2.75, 3.05) is 71.3 Å². The largest absolute Gasteiger partial charge is 0.464 e. The number of anilines is 1. The second-order valence-electron chi connectivity index (χ2n) is 17.3. The number of benzene rings is 2. The molecule has 5 rings (SSSR count). The molecular formula is C51H71N2O8+. The molecule has 0 amide bonds. The van der Waals surface area contributed by atoms with Crippen molar-refractivity contribution < 1.29 is 43.3 Å². The van der Waals surface area contributed by atoms with Gasteiger partial charge in [-0.2, -0.15) is 4.58 Å². The molecule has 61 heavy (non-hydrogen) atoms. The van der Waals surface area contributed by atoms with E-state index in [1.54, 1.807) is 7.11 Å². The Morgan fingerprint density at radius 3 is 2.11 bits per heavy atom. The topological polar surface area (TPSA) is 118 Å². The molecule has 2 aromatic rings. The fraction of sp³-hybridized carbons (Fsp3) is 0.549. The predicted octanol–water partition coefficient (Wildman–Crippen LogP) is 8.95. The molecule has 1 aliphatic carbocycles. The monoisotopic (exact) mass is 840 g/mol. The van der Waals surface area contributed by atoms with E-state index in [-0.39, 0.29) is 36.0 Å². The minimum absolute atomic E-state index is 0.143. The summed E-state index contributed by atoms with van der Waals surface area (Å²) in [5, 5.41) is 18.2. The summed E-state index contributed by atoms with van der Waals surface area (Å²) in [6.45, 7) is 12.7. The van der Waals surface area contributed by atoms with Crippen molar-refractivity contribution in [2.24, 2.45) is 0 Å². The van der Waals surface area contributed by atoms with Crippen molar-refractivity contribution in [1.82, 2.24) is 0 Å². The third-order valence-electron chi connectivity index (χ3n) is 12.3. The number of aliphatic hydroxyl groups excluding tert-OH is 2. The van der Waals surface area contributed by atoms with Gasteiger partial charge in [0, 0.05) is 67.7 Å². The summed E-state index contributed by atoms with van der Waals surface area (Å²) in [7, 11) is 1.69. The molecule has 10 heteroatoms. The van der Waals surface area contributed by atoms with Gasteiger partial charge in [0.25, 0.3) is 0 Å². The van der Waals surface area contributed by atoms with E-state index in [1.807, 2.05) is 0 Å². The highest BCUT2D eigenvalue weighted by molar-refractivity contribution is 6.03. The molecule has 0 atom stereocenters. The third kappa shape index (κ3) is 12.6. The van der Waals surface area contributed by atoms with Gasteiger partial charge in [-0.3, -0.25) is 9.59 Å². The normalized spacial score (nSPS) is 18.1. The maximum absolute atomic E-state index is 12.6. The van der Waals surface area contributed by atoms with Crippen LogP contribution in [0.4, 0.5) is 11.4 Å². The second-order valence-corrected chi connectivity index (χ2v) is 17.3. The quantitative estimate of drug-likeness (QED) is 0.0574. The van der Waals surface area contributed by atoms with E-state index in [9.17, 15) is 9.59 Å². The number of unbranched alkanes of at least 4 members (excludes halogenated alkanes) is 4. The Kier molecular flexibility index (Phi) is 18.6. The van der Waals surface area contributed by atoms with Crippen molar-refractivity contribution in [3.05, 3.63) is 106 Å². The number of carbonyl (C=O) groups is 2. The highest BCUT2D eigenvalue weighted by Gasteiger charge is 2.44. The van der Waals surface area contributed by atoms with E-state index in [2.05, 4.69) is 110 Å². The molecule has 0 bridgehead atoms. The lowest BCUT2D eigenvalue weighted by atomic mass is 9.80. The van der Waals surface area contributed by atoms with Crippen LogP contribution in [-0.4, -0.2) is 98.9 Å². The Hall–Kier alpha value is -4.35. The number of carbonyl (C=O) groups excluding carboxylic acids is 2. The van der Waals surface area contributed by atoms with Crippen molar-refractivity contribution in [1.29, 1.82) is 0 Å². The molecule has 2 aromatic carbocycles. The molecule has 10 nitrogen and oxygen atoms in total. The first-order valence-electron chi connectivity index (χ1n) is 22.6. The molecule has 0 saturated carbocycles. The summed E-state index contributed by atoms with van der Waals surface area (Å²) < 4.78 is 25.1. The highest BCUT2D eigenvalue weighted by Crippen LogP contribution is 2.48. The van der Waals surface area contributed by atoms with Gasteiger partial charge in [-0.05, 0) is 99.6 Å². The zero-order chi connectivity index (χ0) is 43.7. The molecule has 0 unspecified atom stereocenters. The average Bonchev–Trinajstić information content (AvgIpc) is 3.60. The number of hydrogen-bond donors (Lipinski definition) is 2. The van der Waals surface area contributed by atoms with Gasteiger partial charge < -0.3 is 34.1 Å². The zero-order valence-corrected chi connectivity index (χ0v) is 37.5. The first-order valence-corrected chi connectivity index (χ1v) is 22.6. The summed E-state index contributed by atoms with van der Waals surface area (Å²) >= 11 is 0. The number of rotatable bonds is 25. The molecule has 0 fully saturated rings. The van der Waals surface area contributed by atoms with Gasteiger partial charge in [-0.15, -0.1) is 0 Å². The minimum atomic E-state index is -0.260. The van der Waals surface area contributed by atoms with Crippen LogP contribution in [0.3, 0.4) is 0 Å². The van der Waals surface area contributed by atoms with Crippen molar-refractivity contribution in [3.63, 3.8) is 0 Å². The maximum Gasteiger partial charge on any atom is 0.306 e. The smallest absolute Gasteiger partial charge is 0.306 e. The Morgan fingerprint density at radius 1 is 0.738 bits per heavy atom. The Balaban J connectivity index is 1.44. The molecule has 0 radical (unpaired) electrons. The SMILES string of the molecule is COCCOCCC1=C(/C=C/C2=[N+](CCOC(=O)CCCCCO)c3ccccc3C2(C)C)CCC/C1=C\C=C1\N(CCOC(=O)CCCCCO)c2ccccc2C1(C)C. The highest BCUT2D eigenvalue weighted by atomic mass is 16.5. The number of methoxy groups -OCH3 is 1. The predicted molar refractivity (Wildman–Crippen MR) is 243 cm³/mol. The lowest BCUT2D eigenvalue weighted by Gasteiger charge is -2.27. The van der Waals surface area contributed by atoms with Crippen LogP contribution in [0.2, 0.25) is 0 Å². The van der Waals surface area contributed by atoms with Crippen LogP contribution in [0.1, 0.15) is 116 Å². The van der Waals surface area contributed by atoms with Gasteiger partial charge in [0.1, 0.15) is 6.61 Å². The Labute approximate surface area is 364 Å². The summed E-state index contributed by atoms with van der Waals surface area (Å²) in [5.74, 6) is -0.392. The van der Waals surface area contributed by atoms with E-state index in [1.165, 1.54) is 39.3 Å². The number of nitrogens with zero attached hydrogens (tertiary/aromatic N) is 2. The molecule has 0 aromatic heterocycles. The molecular weight excluding hydrogens is 769 g/mol. The van der Waals surface area contributed by atoms with Crippen molar-refractivity contribution in [3.8, 4) is 0 Å². The lowest BCUT2D eigenvalue weighted by molar-refractivity contribution is -0.440. The molecule has 2 N–H and O–H groups in total. The van der Waals surface area contributed by atoms with Gasteiger partial charge in [0.05, 0.1) is 31.8 Å². The van der Waals surface area contributed by atoms with E-state index in [0.717, 1.165) is 62.7 Å². The third-order valence-corrected chi connectivity index (χ3v) is 12.3. The van der Waals surface area contributed by atoms with E-state index in [0.29, 0.717) is 71.8 Å². The molecule has 2 aliphatic heterocycles. The van der Waals surface area contributed by atoms with E-state index < -0.39 is 0 Å². The van der Waals surface area contributed by atoms with Crippen LogP contribution >= 0.6 is 0 Å². The van der Waals surface area contributed by atoms with Crippen LogP contribution in [0.5, 0.6) is 0 Å². The van der Waals surface area contributed by atoms with Crippen LogP contribution in [0.15, 0.2) is 95.3 Å². The number of allylic oxidation sites excluding steroid dienone is 7. The van der Waals surface area contributed by atoms with Gasteiger partial charge >= 0.3 is 11.9 Å². The van der Waals surface area contributed by atoms with Crippen LogP contribution in [0.25, 0.3) is 0 Å². The van der Waals surface area contributed by atoms with E-state index in [4.69, 9.17) is 29.2 Å². The fourth-order valence-corrected chi connectivity index (χ4v) is 8.97. The van der Waals surface area contributed by atoms with Crippen LogP contribution < -0.4 is 4.90 Å².